The molecule has 20 heavy (non-hydrogen) atoms. The second-order valence-electron chi connectivity index (χ2n) is 4.23. The van der Waals surface area contributed by atoms with Gasteiger partial charge in [0, 0.05) is 26.6 Å². The zero-order valence-electron chi connectivity index (χ0n) is 10.2. The van der Waals surface area contributed by atoms with Crippen molar-refractivity contribution < 1.29 is 4.52 Å². The first-order chi connectivity index (χ1) is 9.65. The third kappa shape index (κ3) is 2.64. The van der Waals surface area contributed by atoms with Gasteiger partial charge >= 0.3 is 0 Å². The van der Waals surface area contributed by atoms with Crippen LogP contribution in [-0.4, -0.2) is 5.16 Å². The summed E-state index contributed by atoms with van der Waals surface area (Å²) in [6.45, 7) is 0.482. The van der Waals surface area contributed by atoms with Crippen molar-refractivity contribution in [2.24, 2.45) is 0 Å². The van der Waals surface area contributed by atoms with Gasteiger partial charge in [0.15, 0.2) is 11.4 Å². The fourth-order valence-corrected chi connectivity index (χ4v) is 2.78. The summed E-state index contributed by atoms with van der Waals surface area (Å²) in [5, 5.41) is 9.38. The molecule has 6 heteroatoms. The summed E-state index contributed by atoms with van der Waals surface area (Å²) in [6, 6.07) is 11.2. The van der Waals surface area contributed by atoms with Crippen LogP contribution < -0.4 is 5.32 Å². The minimum absolute atomic E-state index is 0.482. The number of nitrogens with one attached hydrogen (secondary N) is 1. The molecule has 1 aromatic heterocycles. The van der Waals surface area contributed by atoms with Gasteiger partial charge in [-0.1, -0.05) is 50.4 Å². The molecule has 0 radical (unpaired) electrons. The summed E-state index contributed by atoms with van der Waals surface area (Å²) < 4.78 is 6.22. The van der Waals surface area contributed by atoms with E-state index >= 15 is 0 Å². The lowest BCUT2D eigenvalue weighted by molar-refractivity contribution is 0.459. The average molecular weight is 372 g/mol. The monoisotopic (exact) mass is 370 g/mol. The number of benzene rings is 2. The fraction of sp³-hybridized carbons (Fsp3) is 0.0714. The summed E-state index contributed by atoms with van der Waals surface area (Å²) in [4.78, 5) is 0. The van der Waals surface area contributed by atoms with Crippen LogP contribution in [0.4, 0.5) is 5.82 Å². The van der Waals surface area contributed by atoms with Crippen LogP contribution in [0.5, 0.6) is 0 Å². The highest BCUT2D eigenvalue weighted by Gasteiger charge is 2.10. The van der Waals surface area contributed by atoms with Crippen LogP contribution in [0.3, 0.4) is 0 Å². The number of hydrogen-bond acceptors (Lipinski definition) is 3. The van der Waals surface area contributed by atoms with Crippen LogP contribution in [0.25, 0.3) is 11.0 Å². The standard InChI is InChI=1S/C14H9BrCl2N2O/c15-8-4-5-9-13(6-8)20-19-14(9)18-7-10-11(16)2-1-3-12(10)17/h1-6H,7H2,(H,18,19). The van der Waals surface area contributed by atoms with Crippen LogP contribution in [-0.2, 0) is 6.54 Å². The molecular weight excluding hydrogens is 363 g/mol. The van der Waals surface area contributed by atoms with Crippen molar-refractivity contribution in [1.29, 1.82) is 0 Å². The van der Waals surface area contributed by atoms with E-state index in [1.807, 2.05) is 36.4 Å². The SMILES string of the molecule is Clc1cccc(Cl)c1CNc1noc2cc(Br)ccc12. The highest BCUT2D eigenvalue weighted by atomic mass is 79.9. The first-order valence-corrected chi connectivity index (χ1v) is 7.42. The van der Waals surface area contributed by atoms with E-state index in [1.165, 1.54) is 0 Å². The molecule has 0 amide bonds. The molecule has 0 aliphatic carbocycles. The van der Waals surface area contributed by atoms with Gasteiger partial charge in [0.05, 0.1) is 5.39 Å². The Bertz CT molecular complexity index is 753. The summed E-state index contributed by atoms with van der Waals surface area (Å²) in [5.74, 6) is 0.670. The minimum atomic E-state index is 0.482. The predicted octanol–water partition coefficient (Wildman–Crippen LogP) is 5.51. The Morgan fingerprint density at radius 2 is 1.90 bits per heavy atom. The van der Waals surface area contributed by atoms with Crippen molar-refractivity contribution in [2.75, 3.05) is 5.32 Å². The van der Waals surface area contributed by atoms with E-state index in [4.69, 9.17) is 27.7 Å². The minimum Gasteiger partial charge on any atom is -0.363 e. The molecule has 0 saturated carbocycles. The largest absolute Gasteiger partial charge is 0.363 e. The van der Waals surface area contributed by atoms with Gasteiger partial charge in [0.2, 0.25) is 0 Å². The first-order valence-electron chi connectivity index (χ1n) is 5.87. The van der Waals surface area contributed by atoms with Gasteiger partial charge in [-0.25, -0.2) is 0 Å². The van der Waals surface area contributed by atoms with E-state index in [1.54, 1.807) is 0 Å². The fourth-order valence-electron chi connectivity index (χ4n) is 1.91. The van der Waals surface area contributed by atoms with E-state index in [0.29, 0.717) is 28.0 Å². The van der Waals surface area contributed by atoms with E-state index < -0.39 is 0 Å². The number of nitrogens with zero attached hydrogens (tertiary/aromatic N) is 1. The predicted molar refractivity (Wildman–Crippen MR) is 85.5 cm³/mol. The molecule has 3 aromatic rings. The molecule has 0 saturated heterocycles. The molecule has 1 N–H and O–H groups in total. The number of hydrogen-bond donors (Lipinski definition) is 1. The second-order valence-corrected chi connectivity index (χ2v) is 5.96. The first kappa shape index (κ1) is 13.7. The molecule has 0 bridgehead atoms. The molecule has 1 heterocycles. The third-order valence-corrected chi connectivity index (χ3v) is 4.13. The second kappa shape index (κ2) is 5.64. The molecule has 0 fully saturated rings. The van der Waals surface area contributed by atoms with Crippen molar-refractivity contribution in [3.8, 4) is 0 Å². The molecular formula is C14H9BrCl2N2O. The zero-order valence-corrected chi connectivity index (χ0v) is 13.3. The number of fused-ring (bicyclic) bond motifs is 1. The Labute approximate surface area is 134 Å². The molecule has 3 nitrogen and oxygen atoms in total. The highest BCUT2D eigenvalue weighted by molar-refractivity contribution is 9.10. The van der Waals surface area contributed by atoms with Gasteiger partial charge in [0.25, 0.3) is 0 Å². The Morgan fingerprint density at radius 1 is 1.15 bits per heavy atom. The lowest BCUT2D eigenvalue weighted by Crippen LogP contribution is -2.01. The molecule has 3 rings (SSSR count). The van der Waals surface area contributed by atoms with Crippen LogP contribution in [0.1, 0.15) is 5.56 Å². The Hall–Kier alpha value is -1.23. The summed E-state index contributed by atoms with van der Waals surface area (Å²) in [5.41, 5.74) is 1.55. The Kier molecular flexibility index (Phi) is 3.87. The highest BCUT2D eigenvalue weighted by Crippen LogP contribution is 2.28. The zero-order chi connectivity index (χ0) is 14.1. The summed E-state index contributed by atoms with van der Waals surface area (Å²) >= 11 is 15.7. The molecule has 2 aromatic carbocycles. The van der Waals surface area contributed by atoms with Crippen molar-refractivity contribution in [1.82, 2.24) is 5.16 Å². The van der Waals surface area contributed by atoms with Gasteiger partial charge in [-0.2, -0.15) is 0 Å². The van der Waals surface area contributed by atoms with Gasteiger partial charge < -0.3 is 9.84 Å². The topological polar surface area (TPSA) is 38.1 Å². The van der Waals surface area contributed by atoms with Crippen molar-refractivity contribution in [2.45, 2.75) is 6.54 Å². The maximum Gasteiger partial charge on any atom is 0.177 e. The van der Waals surface area contributed by atoms with Gasteiger partial charge in [0.1, 0.15) is 0 Å². The number of halogens is 3. The maximum atomic E-state index is 6.13. The van der Waals surface area contributed by atoms with E-state index in [2.05, 4.69) is 26.4 Å². The van der Waals surface area contributed by atoms with Crippen LogP contribution in [0.15, 0.2) is 45.4 Å². The molecule has 0 aliphatic rings. The molecule has 0 atom stereocenters. The van der Waals surface area contributed by atoms with E-state index in [-0.39, 0.29) is 0 Å². The van der Waals surface area contributed by atoms with Crippen LogP contribution in [0.2, 0.25) is 10.0 Å². The quantitative estimate of drug-likeness (QED) is 0.659. The number of aromatic nitrogens is 1. The maximum absolute atomic E-state index is 6.13. The van der Waals surface area contributed by atoms with Crippen molar-refractivity contribution in [3.63, 3.8) is 0 Å². The lowest BCUT2D eigenvalue weighted by atomic mass is 10.2. The summed E-state index contributed by atoms with van der Waals surface area (Å²) in [6.07, 6.45) is 0. The van der Waals surface area contributed by atoms with E-state index in [0.717, 1.165) is 15.4 Å². The molecule has 0 spiro atoms. The van der Waals surface area contributed by atoms with E-state index in [9.17, 15) is 0 Å². The lowest BCUT2D eigenvalue weighted by Gasteiger charge is -2.07. The smallest absolute Gasteiger partial charge is 0.177 e. The van der Waals surface area contributed by atoms with Crippen LogP contribution in [0, 0.1) is 0 Å². The number of anilines is 1. The van der Waals surface area contributed by atoms with Crippen molar-refractivity contribution in [3.05, 3.63) is 56.5 Å². The average Bonchev–Trinajstić information content (AvgIpc) is 2.80. The van der Waals surface area contributed by atoms with Gasteiger partial charge in [-0.3, -0.25) is 0 Å². The van der Waals surface area contributed by atoms with Gasteiger partial charge in [-0.15, -0.1) is 0 Å². The Morgan fingerprint density at radius 3 is 2.65 bits per heavy atom. The van der Waals surface area contributed by atoms with Gasteiger partial charge in [-0.05, 0) is 30.3 Å². The normalized spacial score (nSPS) is 10.9. The van der Waals surface area contributed by atoms with Crippen molar-refractivity contribution >= 4 is 55.9 Å². The molecule has 102 valence electrons. The third-order valence-electron chi connectivity index (χ3n) is 2.93. The molecule has 0 unspecified atom stereocenters. The van der Waals surface area contributed by atoms with Crippen LogP contribution >= 0.6 is 39.1 Å². The Balaban J connectivity index is 1.87. The number of rotatable bonds is 3. The molecule has 0 aliphatic heterocycles. The summed E-state index contributed by atoms with van der Waals surface area (Å²) in [7, 11) is 0.